The zero-order chi connectivity index (χ0) is 7.56. The minimum Gasteiger partial charge on any atom is -0.294 e. The molecule has 0 aliphatic heterocycles. The number of ketones is 1. The van der Waals surface area contributed by atoms with E-state index in [-0.39, 0.29) is 17.8 Å². The van der Waals surface area contributed by atoms with Gasteiger partial charge in [-0.15, -0.1) is 0 Å². The Bertz CT molecular complexity index is 180. The Morgan fingerprint density at radius 3 is 2.20 bits per heavy atom. The highest BCUT2D eigenvalue weighted by Crippen LogP contribution is 2.23. The van der Waals surface area contributed by atoms with Crippen molar-refractivity contribution in [2.24, 2.45) is 0 Å². The summed E-state index contributed by atoms with van der Waals surface area (Å²) < 4.78 is 23.7. The smallest absolute Gasteiger partial charge is 0.277 e. The van der Waals surface area contributed by atoms with E-state index in [9.17, 15) is 13.6 Å². The first kappa shape index (κ1) is 7.38. The lowest BCUT2D eigenvalue weighted by molar-refractivity contribution is -0.116. The van der Waals surface area contributed by atoms with Gasteiger partial charge in [0.25, 0.3) is 6.08 Å². The average Bonchev–Trinajstić information content (AvgIpc) is 1.88. The molecule has 0 N–H and O–H groups in total. The van der Waals surface area contributed by atoms with Crippen molar-refractivity contribution >= 4 is 5.78 Å². The summed E-state index contributed by atoms with van der Waals surface area (Å²) in [5.41, 5.74) is -0.244. The lowest BCUT2D eigenvalue weighted by Crippen LogP contribution is -2.08. The standard InChI is InChI=1S/C7H8F2O/c8-7(9)5-3-1-2-4-6(5)10/h1-4H2. The quantitative estimate of drug-likeness (QED) is 0.479. The molecule has 1 saturated carbocycles. The summed E-state index contributed by atoms with van der Waals surface area (Å²) in [6, 6.07) is 0. The number of Topliss-reactive ketones (excluding diaryl/α,β-unsaturated/α-hetero) is 1. The van der Waals surface area contributed by atoms with Crippen LogP contribution >= 0.6 is 0 Å². The Balaban J connectivity index is 2.75. The van der Waals surface area contributed by atoms with Gasteiger partial charge in [-0.05, 0) is 19.3 Å². The first-order valence-electron chi connectivity index (χ1n) is 3.29. The fourth-order valence-corrected chi connectivity index (χ4v) is 1.08. The van der Waals surface area contributed by atoms with E-state index in [0.29, 0.717) is 6.42 Å². The minimum atomic E-state index is -1.79. The minimum absolute atomic E-state index is 0.244. The summed E-state index contributed by atoms with van der Waals surface area (Å²) in [5.74, 6) is -0.369. The van der Waals surface area contributed by atoms with E-state index in [2.05, 4.69) is 0 Å². The van der Waals surface area contributed by atoms with E-state index in [1.54, 1.807) is 0 Å². The second-order valence-electron chi connectivity index (χ2n) is 2.37. The van der Waals surface area contributed by atoms with Crippen molar-refractivity contribution in [3.63, 3.8) is 0 Å². The molecule has 1 nitrogen and oxygen atoms in total. The van der Waals surface area contributed by atoms with E-state index in [4.69, 9.17) is 0 Å². The summed E-state index contributed by atoms with van der Waals surface area (Å²) in [5, 5.41) is 0. The van der Waals surface area contributed by atoms with Crippen molar-refractivity contribution in [1.82, 2.24) is 0 Å². The topological polar surface area (TPSA) is 17.1 Å². The van der Waals surface area contributed by atoms with E-state index < -0.39 is 6.08 Å². The van der Waals surface area contributed by atoms with E-state index in [0.717, 1.165) is 12.8 Å². The van der Waals surface area contributed by atoms with Gasteiger partial charge in [-0.2, -0.15) is 8.78 Å². The summed E-state index contributed by atoms with van der Waals surface area (Å²) in [6.45, 7) is 0. The number of carbonyl (C=O) groups is 1. The Morgan fingerprint density at radius 1 is 1.20 bits per heavy atom. The maximum Gasteiger partial charge on any atom is 0.277 e. The normalized spacial score (nSPS) is 19.4. The molecule has 10 heavy (non-hydrogen) atoms. The lowest BCUT2D eigenvalue weighted by Gasteiger charge is -2.10. The third-order valence-electron chi connectivity index (χ3n) is 1.65. The molecule has 1 rings (SSSR count). The molecule has 0 unspecified atom stereocenters. The zero-order valence-electron chi connectivity index (χ0n) is 5.49. The molecule has 0 amide bonds. The maximum atomic E-state index is 11.8. The number of halogens is 2. The van der Waals surface area contributed by atoms with Crippen LogP contribution in [0.3, 0.4) is 0 Å². The third-order valence-corrected chi connectivity index (χ3v) is 1.65. The summed E-state index contributed by atoms with van der Waals surface area (Å²) >= 11 is 0. The number of hydrogen-bond donors (Lipinski definition) is 0. The maximum absolute atomic E-state index is 11.8. The summed E-state index contributed by atoms with van der Waals surface area (Å²) in [6.07, 6.45) is 0.256. The second-order valence-corrected chi connectivity index (χ2v) is 2.37. The molecule has 3 heteroatoms. The molecule has 0 aromatic carbocycles. The Morgan fingerprint density at radius 2 is 1.80 bits per heavy atom. The molecule has 0 aromatic rings. The van der Waals surface area contributed by atoms with Crippen molar-refractivity contribution in [2.45, 2.75) is 25.7 Å². The van der Waals surface area contributed by atoms with Crippen LogP contribution in [0.2, 0.25) is 0 Å². The molecule has 0 bridgehead atoms. The Kier molecular flexibility index (Phi) is 2.14. The monoisotopic (exact) mass is 146 g/mol. The average molecular weight is 146 g/mol. The van der Waals surface area contributed by atoms with Gasteiger partial charge < -0.3 is 0 Å². The number of carbonyl (C=O) groups excluding carboxylic acids is 1. The van der Waals surface area contributed by atoms with Crippen molar-refractivity contribution in [2.75, 3.05) is 0 Å². The second kappa shape index (κ2) is 2.90. The third kappa shape index (κ3) is 1.40. The molecule has 1 fully saturated rings. The first-order valence-corrected chi connectivity index (χ1v) is 3.29. The van der Waals surface area contributed by atoms with E-state index >= 15 is 0 Å². The molecule has 0 atom stereocenters. The van der Waals surface area contributed by atoms with Crippen LogP contribution in [0.4, 0.5) is 8.78 Å². The van der Waals surface area contributed by atoms with E-state index in [1.165, 1.54) is 0 Å². The van der Waals surface area contributed by atoms with Crippen molar-refractivity contribution < 1.29 is 13.6 Å². The molecular weight excluding hydrogens is 138 g/mol. The highest BCUT2D eigenvalue weighted by Gasteiger charge is 2.19. The van der Waals surface area contributed by atoms with E-state index in [1.807, 2.05) is 0 Å². The molecule has 0 saturated heterocycles. The van der Waals surface area contributed by atoms with Crippen LogP contribution in [-0.4, -0.2) is 5.78 Å². The van der Waals surface area contributed by atoms with Gasteiger partial charge in [0.15, 0.2) is 5.78 Å². The molecule has 0 aromatic heterocycles. The zero-order valence-corrected chi connectivity index (χ0v) is 5.49. The molecule has 56 valence electrons. The predicted octanol–water partition coefficient (Wildman–Crippen LogP) is 2.28. The molecule has 0 radical (unpaired) electrons. The molecular formula is C7H8F2O. The SMILES string of the molecule is O=C1CCCCC1=C(F)F. The van der Waals surface area contributed by atoms with Crippen LogP contribution < -0.4 is 0 Å². The number of allylic oxidation sites excluding steroid dienone is 1. The fourth-order valence-electron chi connectivity index (χ4n) is 1.08. The van der Waals surface area contributed by atoms with Gasteiger partial charge in [0.1, 0.15) is 0 Å². The predicted molar refractivity (Wildman–Crippen MR) is 32.7 cm³/mol. The van der Waals surface area contributed by atoms with Gasteiger partial charge in [-0.1, -0.05) is 0 Å². The van der Waals surface area contributed by atoms with Crippen LogP contribution in [0.15, 0.2) is 11.7 Å². The summed E-state index contributed by atoms with van der Waals surface area (Å²) in [4.78, 5) is 10.7. The Labute approximate surface area is 57.7 Å². The van der Waals surface area contributed by atoms with Gasteiger partial charge >= 0.3 is 0 Å². The summed E-state index contributed by atoms with van der Waals surface area (Å²) in [7, 11) is 0. The van der Waals surface area contributed by atoms with Gasteiger partial charge in [0.05, 0.1) is 5.57 Å². The van der Waals surface area contributed by atoms with Gasteiger partial charge in [0.2, 0.25) is 0 Å². The van der Waals surface area contributed by atoms with Crippen molar-refractivity contribution in [3.05, 3.63) is 11.7 Å². The Hall–Kier alpha value is -0.730. The van der Waals surface area contributed by atoms with Crippen LogP contribution in [0.1, 0.15) is 25.7 Å². The largest absolute Gasteiger partial charge is 0.294 e. The van der Waals surface area contributed by atoms with Crippen LogP contribution in [0.25, 0.3) is 0 Å². The van der Waals surface area contributed by atoms with Crippen LogP contribution in [0, 0.1) is 0 Å². The van der Waals surface area contributed by atoms with Gasteiger partial charge in [0, 0.05) is 6.42 Å². The molecule has 0 spiro atoms. The van der Waals surface area contributed by atoms with Crippen LogP contribution in [-0.2, 0) is 4.79 Å². The first-order chi connectivity index (χ1) is 4.72. The van der Waals surface area contributed by atoms with Crippen molar-refractivity contribution in [3.8, 4) is 0 Å². The number of hydrogen-bond acceptors (Lipinski definition) is 1. The molecule has 1 aliphatic rings. The number of rotatable bonds is 0. The van der Waals surface area contributed by atoms with Crippen LogP contribution in [0.5, 0.6) is 0 Å². The lowest BCUT2D eigenvalue weighted by atomic mass is 9.95. The molecule has 1 aliphatic carbocycles. The highest BCUT2D eigenvalue weighted by molar-refractivity contribution is 5.96. The van der Waals surface area contributed by atoms with Gasteiger partial charge in [-0.3, -0.25) is 4.79 Å². The molecule has 0 heterocycles. The van der Waals surface area contributed by atoms with Gasteiger partial charge in [-0.25, -0.2) is 0 Å². The highest BCUT2D eigenvalue weighted by atomic mass is 19.3. The van der Waals surface area contributed by atoms with Crippen molar-refractivity contribution in [1.29, 1.82) is 0 Å². The fraction of sp³-hybridized carbons (Fsp3) is 0.571.